The number of thiazole rings is 1. The molecule has 0 aromatic carbocycles. The van der Waals surface area contributed by atoms with Gasteiger partial charge in [0.15, 0.2) is 0 Å². The van der Waals surface area contributed by atoms with Crippen molar-refractivity contribution in [3.05, 3.63) is 32.4 Å². The van der Waals surface area contributed by atoms with E-state index >= 15 is 0 Å². The first kappa shape index (κ1) is 12.7. The Balaban J connectivity index is 2.03. The predicted octanol–water partition coefficient (Wildman–Crippen LogP) is 2.80. The molecule has 1 atom stereocenters. The van der Waals surface area contributed by atoms with Gasteiger partial charge in [-0.1, -0.05) is 0 Å². The van der Waals surface area contributed by atoms with Gasteiger partial charge in [0, 0.05) is 25.2 Å². The molecule has 0 aliphatic heterocycles. The average Bonchev–Trinajstić information content (AvgIpc) is 2.88. The second-order valence-electron chi connectivity index (χ2n) is 3.94. The summed E-state index contributed by atoms with van der Waals surface area (Å²) < 4.78 is 2.99. The molecule has 2 heterocycles. The Morgan fingerprint density at radius 3 is 2.88 bits per heavy atom. The molecule has 0 saturated carbocycles. The van der Waals surface area contributed by atoms with E-state index in [1.165, 1.54) is 0 Å². The lowest BCUT2D eigenvalue weighted by atomic mass is 10.3. The minimum atomic E-state index is 0.261. The van der Waals surface area contributed by atoms with Crippen molar-refractivity contribution < 1.29 is 0 Å². The van der Waals surface area contributed by atoms with Crippen molar-refractivity contribution >= 4 is 27.3 Å². The van der Waals surface area contributed by atoms with Gasteiger partial charge in [0.25, 0.3) is 0 Å². The first-order valence-corrected chi connectivity index (χ1v) is 7.07. The molecule has 1 N–H and O–H groups in total. The van der Waals surface area contributed by atoms with E-state index in [0.29, 0.717) is 0 Å². The van der Waals surface area contributed by atoms with Crippen molar-refractivity contribution in [3.63, 3.8) is 0 Å². The molecular weight excluding hydrogens is 300 g/mol. The van der Waals surface area contributed by atoms with E-state index in [0.717, 1.165) is 27.4 Å². The molecule has 0 aliphatic carbocycles. The van der Waals surface area contributed by atoms with Crippen molar-refractivity contribution in [3.8, 4) is 0 Å². The van der Waals surface area contributed by atoms with Crippen molar-refractivity contribution in [1.29, 1.82) is 0 Å². The van der Waals surface area contributed by atoms with Gasteiger partial charge in [0.05, 0.1) is 21.9 Å². The Hall–Kier alpha value is -0.720. The second-order valence-corrected chi connectivity index (χ2v) is 5.66. The van der Waals surface area contributed by atoms with Gasteiger partial charge in [-0.2, -0.15) is 5.10 Å². The van der Waals surface area contributed by atoms with Crippen molar-refractivity contribution in [2.45, 2.75) is 26.4 Å². The lowest BCUT2D eigenvalue weighted by Crippen LogP contribution is -2.19. The summed E-state index contributed by atoms with van der Waals surface area (Å²) in [6.45, 7) is 4.90. The van der Waals surface area contributed by atoms with E-state index in [-0.39, 0.29) is 6.04 Å². The third-order valence-corrected chi connectivity index (χ3v) is 4.65. The maximum Gasteiger partial charge on any atom is 0.109 e. The highest BCUT2D eigenvalue weighted by molar-refractivity contribution is 9.10. The fourth-order valence-electron chi connectivity index (χ4n) is 1.66. The summed E-state index contributed by atoms with van der Waals surface area (Å²) >= 11 is 5.24. The van der Waals surface area contributed by atoms with Crippen LogP contribution in [0.2, 0.25) is 0 Å². The molecule has 2 rings (SSSR count). The summed E-state index contributed by atoms with van der Waals surface area (Å²) in [7, 11) is 1.96. The van der Waals surface area contributed by atoms with Crippen molar-refractivity contribution in [2.75, 3.05) is 0 Å². The van der Waals surface area contributed by atoms with E-state index in [1.807, 2.05) is 30.2 Å². The largest absolute Gasteiger partial charge is 0.302 e. The van der Waals surface area contributed by atoms with Crippen LogP contribution < -0.4 is 5.32 Å². The van der Waals surface area contributed by atoms with Crippen LogP contribution in [0.3, 0.4) is 0 Å². The number of hydrogen-bond acceptors (Lipinski definition) is 4. The van der Waals surface area contributed by atoms with E-state index in [1.54, 1.807) is 11.3 Å². The Bertz CT molecular complexity index is 492. The van der Waals surface area contributed by atoms with Gasteiger partial charge in [0.1, 0.15) is 5.01 Å². The van der Waals surface area contributed by atoms with Gasteiger partial charge >= 0.3 is 0 Å². The van der Waals surface area contributed by atoms with E-state index in [2.05, 4.69) is 38.3 Å². The number of aromatic nitrogens is 3. The molecule has 1 unspecified atom stereocenters. The molecule has 17 heavy (non-hydrogen) atoms. The van der Waals surface area contributed by atoms with Crippen LogP contribution in [0.4, 0.5) is 0 Å². The highest BCUT2D eigenvalue weighted by atomic mass is 79.9. The standard InChI is InChI=1S/C11H15BrN4S/c1-7-10(12)9(16(3)15-7)6-14-8(2)11-13-4-5-17-11/h4-5,8,14H,6H2,1-3H3. The summed E-state index contributed by atoms with van der Waals surface area (Å²) in [5, 5.41) is 10.9. The number of rotatable bonds is 4. The van der Waals surface area contributed by atoms with Gasteiger partial charge in [-0.05, 0) is 29.8 Å². The summed E-state index contributed by atoms with van der Waals surface area (Å²) in [6.07, 6.45) is 1.84. The Labute approximate surface area is 113 Å². The number of halogens is 1. The molecule has 0 spiro atoms. The molecule has 2 aromatic heterocycles. The third-order valence-electron chi connectivity index (χ3n) is 2.66. The zero-order valence-corrected chi connectivity index (χ0v) is 12.5. The minimum absolute atomic E-state index is 0.261. The summed E-state index contributed by atoms with van der Waals surface area (Å²) in [5.41, 5.74) is 2.18. The number of nitrogens with zero attached hydrogens (tertiary/aromatic N) is 3. The predicted molar refractivity (Wildman–Crippen MR) is 73.0 cm³/mol. The topological polar surface area (TPSA) is 42.7 Å². The van der Waals surface area contributed by atoms with Crippen LogP contribution in [0.15, 0.2) is 16.0 Å². The van der Waals surface area contributed by atoms with Crippen LogP contribution in [-0.4, -0.2) is 14.8 Å². The fourth-order valence-corrected chi connectivity index (χ4v) is 2.80. The molecule has 0 bridgehead atoms. The maximum absolute atomic E-state index is 4.37. The van der Waals surface area contributed by atoms with Crippen LogP contribution in [0, 0.1) is 6.92 Å². The zero-order valence-electron chi connectivity index (χ0n) is 10.1. The van der Waals surface area contributed by atoms with Crippen LogP contribution in [0.1, 0.15) is 29.4 Å². The molecule has 6 heteroatoms. The van der Waals surface area contributed by atoms with Gasteiger partial charge < -0.3 is 5.32 Å². The summed E-state index contributed by atoms with van der Waals surface area (Å²) in [5.74, 6) is 0. The van der Waals surface area contributed by atoms with E-state index in [9.17, 15) is 0 Å². The van der Waals surface area contributed by atoms with E-state index < -0.39 is 0 Å². The van der Waals surface area contributed by atoms with Crippen LogP contribution >= 0.6 is 27.3 Å². The van der Waals surface area contributed by atoms with Crippen LogP contribution in [-0.2, 0) is 13.6 Å². The number of hydrogen-bond donors (Lipinski definition) is 1. The molecule has 0 saturated heterocycles. The zero-order chi connectivity index (χ0) is 12.4. The highest BCUT2D eigenvalue weighted by Gasteiger charge is 2.13. The molecule has 0 amide bonds. The Morgan fingerprint density at radius 1 is 1.59 bits per heavy atom. The first-order chi connectivity index (χ1) is 8.09. The monoisotopic (exact) mass is 314 g/mol. The Morgan fingerprint density at radius 2 is 2.35 bits per heavy atom. The Kier molecular flexibility index (Phi) is 3.96. The lowest BCUT2D eigenvalue weighted by Gasteiger charge is -2.11. The van der Waals surface area contributed by atoms with Gasteiger partial charge in [-0.25, -0.2) is 4.98 Å². The average molecular weight is 315 g/mol. The van der Waals surface area contributed by atoms with Crippen LogP contribution in [0.5, 0.6) is 0 Å². The molecular formula is C11H15BrN4S. The summed E-state index contributed by atoms with van der Waals surface area (Å²) in [6, 6.07) is 0.261. The normalized spacial score (nSPS) is 12.9. The first-order valence-electron chi connectivity index (χ1n) is 5.40. The third kappa shape index (κ3) is 2.75. The lowest BCUT2D eigenvalue weighted by molar-refractivity contribution is 0.545. The van der Waals surface area contributed by atoms with Gasteiger partial charge in [0.2, 0.25) is 0 Å². The SMILES string of the molecule is Cc1nn(C)c(CNC(C)c2nccs2)c1Br. The molecule has 0 radical (unpaired) electrons. The summed E-state index contributed by atoms with van der Waals surface area (Å²) in [4.78, 5) is 4.30. The second kappa shape index (κ2) is 5.29. The maximum atomic E-state index is 4.37. The van der Waals surface area contributed by atoms with Crippen molar-refractivity contribution in [1.82, 2.24) is 20.1 Å². The van der Waals surface area contributed by atoms with Gasteiger partial charge in [-0.3, -0.25) is 4.68 Å². The minimum Gasteiger partial charge on any atom is -0.302 e. The molecule has 92 valence electrons. The fraction of sp³-hybridized carbons (Fsp3) is 0.455. The number of aryl methyl sites for hydroxylation is 2. The quantitative estimate of drug-likeness (QED) is 0.943. The van der Waals surface area contributed by atoms with E-state index in [4.69, 9.17) is 0 Å². The van der Waals surface area contributed by atoms with Gasteiger partial charge in [-0.15, -0.1) is 11.3 Å². The molecule has 0 fully saturated rings. The highest BCUT2D eigenvalue weighted by Crippen LogP contribution is 2.21. The van der Waals surface area contributed by atoms with Crippen molar-refractivity contribution in [2.24, 2.45) is 7.05 Å². The molecule has 4 nitrogen and oxygen atoms in total. The molecule has 2 aromatic rings. The number of nitrogens with one attached hydrogen (secondary N) is 1. The molecule has 0 aliphatic rings. The van der Waals surface area contributed by atoms with Crippen LogP contribution in [0.25, 0.3) is 0 Å². The smallest absolute Gasteiger partial charge is 0.109 e.